The Labute approximate surface area is 136 Å². The molecule has 1 rings (SSSR count). The van der Waals surface area contributed by atoms with Crippen LogP contribution in [-0.2, 0) is 0 Å². The molecule has 0 amide bonds. The second-order valence-corrected chi connectivity index (χ2v) is 6.51. The lowest BCUT2D eigenvalue weighted by Gasteiger charge is -2.12. The predicted octanol–water partition coefficient (Wildman–Crippen LogP) is 7.46. The van der Waals surface area contributed by atoms with Crippen LogP contribution >= 0.6 is 11.8 Å². The first kappa shape index (κ1) is 19.8. The summed E-state index contributed by atoms with van der Waals surface area (Å²) < 4.78 is 0. The molecule has 0 aliphatic rings. The van der Waals surface area contributed by atoms with Crippen LogP contribution in [-0.4, -0.2) is 0 Å². The molecule has 21 heavy (non-hydrogen) atoms. The Morgan fingerprint density at radius 1 is 1.19 bits per heavy atom. The zero-order chi connectivity index (χ0) is 15.1. The van der Waals surface area contributed by atoms with Crippen molar-refractivity contribution in [2.45, 2.75) is 54.9 Å². The quantitative estimate of drug-likeness (QED) is 0.525. The fourth-order valence-corrected chi connectivity index (χ4v) is 2.80. The van der Waals surface area contributed by atoms with Gasteiger partial charge in [-0.05, 0) is 61.8 Å². The lowest BCUT2D eigenvalue weighted by Crippen LogP contribution is -1.88. The van der Waals surface area contributed by atoms with Gasteiger partial charge in [-0.3, -0.25) is 0 Å². The van der Waals surface area contributed by atoms with Crippen LogP contribution in [0.4, 0.5) is 0 Å². The van der Waals surface area contributed by atoms with E-state index in [0.29, 0.717) is 0 Å². The number of unbranched alkanes of at least 4 members (excludes halogenated alkanes) is 1. The average Bonchev–Trinajstić information content (AvgIpc) is 2.42. The molecule has 0 radical (unpaired) electrons. The zero-order valence-corrected chi connectivity index (χ0v) is 14.2. The molecule has 0 aliphatic heterocycles. The van der Waals surface area contributed by atoms with Crippen molar-refractivity contribution >= 4 is 22.2 Å². The molecule has 1 heteroatoms. The maximum absolute atomic E-state index is 4.07. The maximum Gasteiger partial charge on any atom is 0.0151 e. The first-order valence-corrected chi connectivity index (χ1v) is 8.08. The number of rotatable bonds is 6. The molecule has 1 aromatic carbocycles. The molecule has 0 aromatic heterocycles. The van der Waals surface area contributed by atoms with Crippen LogP contribution < -0.4 is 0 Å². The SMILES string of the molecule is C.C=C(C)c1cc(C)cc(/C(=C\CCC)S/C(C)=C\C)c1. The molecule has 0 fully saturated rings. The molecule has 0 aliphatic carbocycles. The third-order valence-corrected chi connectivity index (χ3v) is 4.33. The van der Waals surface area contributed by atoms with E-state index in [9.17, 15) is 0 Å². The van der Waals surface area contributed by atoms with Crippen LogP contribution in [0.5, 0.6) is 0 Å². The highest BCUT2D eigenvalue weighted by molar-refractivity contribution is 8.11. The molecule has 0 saturated carbocycles. The van der Waals surface area contributed by atoms with Gasteiger partial charge in [-0.2, -0.15) is 0 Å². The fourth-order valence-electron chi connectivity index (χ4n) is 1.90. The molecule has 0 nitrogen and oxygen atoms in total. The summed E-state index contributed by atoms with van der Waals surface area (Å²) in [5.74, 6) is 0. The third kappa shape index (κ3) is 6.39. The lowest BCUT2D eigenvalue weighted by atomic mass is 10.0. The van der Waals surface area contributed by atoms with Crippen molar-refractivity contribution in [1.29, 1.82) is 0 Å². The summed E-state index contributed by atoms with van der Waals surface area (Å²) >= 11 is 1.86. The second-order valence-electron chi connectivity index (χ2n) is 5.23. The Kier molecular flexibility index (Phi) is 9.12. The van der Waals surface area contributed by atoms with Crippen LogP contribution in [0.1, 0.15) is 64.7 Å². The Bertz CT molecular complexity index is 533. The van der Waals surface area contributed by atoms with Gasteiger partial charge in [0.25, 0.3) is 0 Å². The van der Waals surface area contributed by atoms with E-state index in [4.69, 9.17) is 0 Å². The van der Waals surface area contributed by atoms with Gasteiger partial charge >= 0.3 is 0 Å². The van der Waals surface area contributed by atoms with E-state index >= 15 is 0 Å². The van der Waals surface area contributed by atoms with E-state index < -0.39 is 0 Å². The highest BCUT2D eigenvalue weighted by Crippen LogP contribution is 2.35. The van der Waals surface area contributed by atoms with Gasteiger partial charge in [0.1, 0.15) is 0 Å². The van der Waals surface area contributed by atoms with E-state index in [-0.39, 0.29) is 7.43 Å². The van der Waals surface area contributed by atoms with Crippen LogP contribution in [0.2, 0.25) is 0 Å². The molecular weight excluding hydrogens is 272 g/mol. The number of hydrogen-bond donors (Lipinski definition) is 0. The highest BCUT2D eigenvalue weighted by atomic mass is 32.2. The molecule has 0 spiro atoms. The molecular formula is C20H30S. The van der Waals surface area contributed by atoms with E-state index in [1.807, 2.05) is 11.8 Å². The molecule has 0 N–H and O–H groups in total. The van der Waals surface area contributed by atoms with Gasteiger partial charge in [0.15, 0.2) is 0 Å². The van der Waals surface area contributed by atoms with Crippen molar-refractivity contribution in [3.05, 3.63) is 58.5 Å². The van der Waals surface area contributed by atoms with Crippen LogP contribution in [0.3, 0.4) is 0 Å². The Morgan fingerprint density at radius 3 is 2.33 bits per heavy atom. The summed E-state index contributed by atoms with van der Waals surface area (Å²) in [6, 6.07) is 6.73. The first-order valence-electron chi connectivity index (χ1n) is 7.26. The summed E-state index contributed by atoms with van der Waals surface area (Å²) in [6.07, 6.45) is 6.82. The zero-order valence-electron chi connectivity index (χ0n) is 13.4. The largest absolute Gasteiger partial charge is 0.0955 e. The van der Waals surface area contributed by atoms with Gasteiger partial charge in [0.05, 0.1) is 0 Å². The van der Waals surface area contributed by atoms with Crippen molar-refractivity contribution in [2.24, 2.45) is 0 Å². The maximum atomic E-state index is 4.07. The van der Waals surface area contributed by atoms with Crippen molar-refractivity contribution in [3.63, 3.8) is 0 Å². The molecule has 116 valence electrons. The van der Waals surface area contributed by atoms with Gasteiger partial charge in [0.2, 0.25) is 0 Å². The average molecular weight is 303 g/mol. The minimum atomic E-state index is 0. The number of hydrogen-bond acceptors (Lipinski definition) is 1. The van der Waals surface area contributed by atoms with E-state index in [0.717, 1.165) is 12.0 Å². The van der Waals surface area contributed by atoms with Gasteiger partial charge < -0.3 is 0 Å². The van der Waals surface area contributed by atoms with Crippen molar-refractivity contribution < 1.29 is 0 Å². The van der Waals surface area contributed by atoms with Gasteiger partial charge in [0, 0.05) is 4.91 Å². The molecule has 0 unspecified atom stereocenters. The van der Waals surface area contributed by atoms with E-state index in [1.54, 1.807) is 0 Å². The van der Waals surface area contributed by atoms with Gasteiger partial charge in [-0.25, -0.2) is 0 Å². The summed E-state index contributed by atoms with van der Waals surface area (Å²) in [7, 11) is 0. The van der Waals surface area contributed by atoms with Crippen LogP contribution in [0.15, 0.2) is 41.8 Å². The number of aryl methyl sites for hydroxylation is 1. The smallest absolute Gasteiger partial charge is 0.0151 e. The Hall–Kier alpha value is -1.21. The minimum Gasteiger partial charge on any atom is -0.0955 e. The number of allylic oxidation sites excluding steroid dienone is 4. The van der Waals surface area contributed by atoms with Gasteiger partial charge in [-0.15, -0.1) is 0 Å². The standard InChI is InChI=1S/C19H26S.CH4/c1-7-9-10-19(20-16(6)8-2)18-12-15(5)11-17(13-18)14(3)4;/h8,10-13H,3,7,9H2,1-2,4-6H3;1H4/b16-8-,19-10+;. The fraction of sp³-hybridized carbons (Fsp3) is 0.400. The summed E-state index contributed by atoms with van der Waals surface area (Å²) in [4.78, 5) is 2.69. The van der Waals surface area contributed by atoms with Gasteiger partial charge in [-0.1, -0.05) is 69.0 Å². The second kappa shape index (κ2) is 9.68. The summed E-state index contributed by atoms with van der Waals surface area (Å²) in [5.41, 5.74) is 4.96. The van der Waals surface area contributed by atoms with E-state index in [1.165, 1.54) is 32.9 Å². The monoisotopic (exact) mass is 302 g/mol. The van der Waals surface area contributed by atoms with Crippen molar-refractivity contribution in [1.82, 2.24) is 0 Å². The molecule has 0 atom stereocenters. The topological polar surface area (TPSA) is 0 Å². The van der Waals surface area contributed by atoms with Crippen LogP contribution in [0, 0.1) is 6.92 Å². The lowest BCUT2D eigenvalue weighted by molar-refractivity contribution is 0.961. The molecule has 1 aromatic rings. The normalized spacial score (nSPS) is 12.0. The highest BCUT2D eigenvalue weighted by Gasteiger charge is 2.06. The Balaban J connectivity index is 0.00000400. The van der Waals surface area contributed by atoms with Crippen molar-refractivity contribution in [2.75, 3.05) is 0 Å². The number of thioether (sulfide) groups is 1. The summed E-state index contributed by atoms with van der Waals surface area (Å²) in [6.45, 7) is 14.8. The predicted molar refractivity (Wildman–Crippen MR) is 103 cm³/mol. The first-order chi connectivity index (χ1) is 9.47. The Morgan fingerprint density at radius 2 is 1.81 bits per heavy atom. The molecule has 0 bridgehead atoms. The summed E-state index contributed by atoms with van der Waals surface area (Å²) in [5, 5.41) is 0. The molecule has 0 heterocycles. The van der Waals surface area contributed by atoms with E-state index in [2.05, 4.69) is 71.5 Å². The minimum absolute atomic E-state index is 0. The third-order valence-electron chi connectivity index (χ3n) is 3.15. The van der Waals surface area contributed by atoms with Crippen molar-refractivity contribution in [3.8, 4) is 0 Å². The molecule has 0 saturated heterocycles. The number of benzene rings is 1. The van der Waals surface area contributed by atoms with Crippen LogP contribution in [0.25, 0.3) is 10.5 Å².